The summed E-state index contributed by atoms with van der Waals surface area (Å²) in [4.78, 5) is 24.2. The molecule has 51 heavy (non-hydrogen) atoms. The Labute approximate surface area is 291 Å². The minimum Gasteiger partial charge on any atom is -0.394 e. The van der Waals surface area contributed by atoms with Crippen LogP contribution in [0.4, 0.5) is 0 Å². The van der Waals surface area contributed by atoms with Crippen LogP contribution in [0.1, 0.15) is 20.8 Å². The molecule has 0 spiro atoms. The smallest absolute Gasteiger partial charge is 0.217 e. The van der Waals surface area contributed by atoms with Gasteiger partial charge in [0.2, 0.25) is 11.8 Å². The predicted octanol–water partition coefficient (Wildman–Crippen LogP) is -7.78. The van der Waals surface area contributed by atoms with Crippen LogP contribution in [0.5, 0.6) is 0 Å². The second kappa shape index (κ2) is 18.0. The Kier molecular flexibility index (Phi) is 14.8. The van der Waals surface area contributed by atoms with Gasteiger partial charge in [0.15, 0.2) is 25.2 Å². The minimum absolute atomic E-state index is 0.616. The van der Waals surface area contributed by atoms with E-state index in [4.69, 9.17) is 37.9 Å². The molecule has 0 aliphatic carbocycles. The van der Waals surface area contributed by atoms with Crippen molar-refractivity contribution in [2.24, 2.45) is 0 Å². The first-order valence-electron chi connectivity index (χ1n) is 16.3. The van der Waals surface area contributed by atoms with Crippen molar-refractivity contribution in [2.45, 2.75) is 143 Å². The largest absolute Gasteiger partial charge is 0.394 e. The Morgan fingerprint density at radius 3 is 1.59 bits per heavy atom. The van der Waals surface area contributed by atoms with E-state index in [9.17, 15) is 60.7 Å². The van der Waals surface area contributed by atoms with E-state index in [0.29, 0.717) is 0 Å². The van der Waals surface area contributed by atoms with Crippen LogP contribution in [-0.2, 0) is 47.5 Å². The summed E-state index contributed by atoms with van der Waals surface area (Å²) in [6, 6.07) is -2.78. The van der Waals surface area contributed by atoms with Crippen molar-refractivity contribution in [3.05, 3.63) is 0 Å². The molecule has 0 bridgehead atoms. The average Bonchev–Trinajstić information content (AvgIpc) is 3.09. The van der Waals surface area contributed by atoms with Gasteiger partial charge >= 0.3 is 0 Å². The topological polar surface area (TPSA) is 334 Å². The van der Waals surface area contributed by atoms with Crippen LogP contribution < -0.4 is 10.6 Å². The summed E-state index contributed by atoms with van der Waals surface area (Å²) in [5.41, 5.74) is 0. The number of methoxy groups -OCH3 is 1. The van der Waals surface area contributed by atoms with E-state index in [1.165, 1.54) is 14.0 Å². The van der Waals surface area contributed by atoms with E-state index in [1.807, 2.05) is 0 Å². The van der Waals surface area contributed by atoms with Crippen molar-refractivity contribution >= 4 is 11.8 Å². The van der Waals surface area contributed by atoms with Gasteiger partial charge in [0.1, 0.15) is 91.4 Å². The summed E-state index contributed by atoms with van der Waals surface area (Å²) in [6.45, 7) is 1.19. The molecule has 0 unspecified atom stereocenters. The number of rotatable bonds is 12. The zero-order chi connectivity index (χ0) is 37.9. The number of nitrogens with one attached hydrogen (secondary N) is 2. The maximum atomic E-state index is 12.3. The molecule has 4 fully saturated rings. The summed E-state index contributed by atoms with van der Waals surface area (Å²) in [7, 11) is 1.22. The first kappa shape index (κ1) is 42.0. The maximum absolute atomic E-state index is 12.3. The van der Waals surface area contributed by atoms with Crippen LogP contribution in [0.15, 0.2) is 0 Å². The summed E-state index contributed by atoms with van der Waals surface area (Å²) in [5.74, 6) is -1.30. The molecule has 22 heteroatoms. The van der Waals surface area contributed by atoms with Gasteiger partial charge in [-0.15, -0.1) is 0 Å². The lowest BCUT2D eigenvalue weighted by atomic mass is 9.94. The Hall–Kier alpha value is -1.78. The lowest BCUT2D eigenvalue weighted by Crippen LogP contribution is -2.70. The van der Waals surface area contributed by atoms with Gasteiger partial charge in [-0.2, -0.15) is 0 Å². The second-order valence-electron chi connectivity index (χ2n) is 12.8. The SMILES string of the molecule is CO[C@@H]1O[C@H](CO)[C@@H](O[C@@H]2O[C@H](CO)[C@H](O)[C@H](O[C@@H]3O[C@H](CO)[C@@H](O)[C@H](O)[C@H]3NC(C)=O)[C@H]2O)[C@H](O[C@@H]2O[C@@H](C)[C@@H](O)[C@@H](O)[C@@H]2O)[C@H]1NC(C)=O. The highest BCUT2D eigenvalue weighted by atomic mass is 16.8. The third-order valence-corrected chi connectivity index (χ3v) is 9.18. The molecule has 4 saturated heterocycles. The lowest BCUT2D eigenvalue weighted by molar-refractivity contribution is -0.382. The van der Waals surface area contributed by atoms with Gasteiger partial charge < -0.3 is 99.6 Å². The van der Waals surface area contributed by atoms with Crippen molar-refractivity contribution < 1.29 is 98.5 Å². The number of aliphatic hydroxyl groups excluding tert-OH is 10. The molecule has 0 aromatic carbocycles. The van der Waals surface area contributed by atoms with E-state index in [-0.39, 0.29) is 0 Å². The van der Waals surface area contributed by atoms with Crippen LogP contribution in [0.25, 0.3) is 0 Å². The number of hydrogen-bond acceptors (Lipinski definition) is 20. The number of carbonyl (C=O) groups is 2. The standard InChI is InChI=1S/C29H50N2O20/c1-8-16(37)20(41)21(42)28(45-8)50-24-15(31-10(3)36)26(44-4)48-13(7-34)23(24)49-29-22(43)25(18(39)12(6-33)47-29)51-27-14(30-9(2)35)19(40)17(38)11(5-32)46-27/h8,11-29,32-34,37-43H,5-7H2,1-4H3,(H,30,35)(H,31,36)/t8-,11+,12+,13+,14+,15+,16+,17+,18-,19+,20+,21-,22+,23+,24+,25-,26+,27-,28-,29-/m0/s1. The van der Waals surface area contributed by atoms with Crippen molar-refractivity contribution in [1.82, 2.24) is 10.6 Å². The van der Waals surface area contributed by atoms with Crippen molar-refractivity contribution in [3.63, 3.8) is 0 Å². The number of hydrogen-bond donors (Lipinski definition) is 12. The maximum Gasteiger partial charge on any atom is 0.217 e. The molecule has 0 aromatic heterocycles. The average molecular weight is 747 g/mol. The number of aliphatic hydroxyl groups is 10. The van der Waals surface area contributed by atoms with Crippen LogP contribution in [0.3, 0.4) is 0 Å². The fourth-order valence-electron chi connectivity index (χ4n) is 6.47. The highest BCUT2D eigenvalue weighted by Crippen LogP contribution is 2.35. The third-order valence-electron chi connectivity index (χ3n) is 9.18. The Bertz CT molecular complexity index is 1140. The van der Waals surface area contributed by atoms with Crippen LogP contribution >= 0.6 is 0 Å². The van der Waals surface area contributed by atoms with Gasteiger partial charge in [-0.1, -0.05) is 0 Å². The van der Waals surface area contributed by atoms with Crippen molar-refractivity contribution in [2.75, 3.05) is 26.9 Å². The Morgan fingerprint density at radius 2 is 1.02 bits per heavy atom. The molecular weight excluding hydrogens is 696 g/mol. The first-order valence-corrected chi connectivity index (χ1v) is 16.3. The summed E-state index contributed by atoms with van der Waals surface area (Å²) < 4.78 is 46.1. The lowest BCUT2D eigenvalue weighted by Gasteiger charge is -2.50. The highest BCUT2D eigenvalue weighted by Gasteiger charge is 2.56. The molecule has 296 valence electrons. The van der Waals surface area contributed by atoms with E-state index in [0.717, 1.165) is 13.8 Å². The third kappa shape index (κ3) is 9.13. The van der Waals surface area contributed by atoms with Gasteiger partial charge in [0, 0.05) is 21.0 Å². The van der Waals surface area contributed by atoms with E-state index in [1.54, 1.807) is 0 Å². The van der Waals surface area contributed by atoms with Gasteiger partial charge in [0.05, 0.1) is 25.9 Å². The fourth-order valence-corrected chi connectivity index (χ4v) is 6.47. The summed E-state index contributed by atoms with van der Waals surface area (Å²) in [5, 5.41) is 110. The van der Waals surface area contributed by atoms with Crippen LogP contribution in [0.2, 0.25) is 0 Å². The molecule has 4 aliphatic rings. The molecule has 0 saturated carbocycles. The molecule has 2 amide bonds. The normalized spacial score (nSPS) is 47.8. The zero-order valence-electron chi connectivity index (χ0n) is 28.2. The van der Waals surface area contributed by atoms with E-state index < -0.39 is 154 Å². The number of amides is 2. The molecular formula is C29H50N2O20. The monoisotopic (exact) mass is 746 g/mol. The van der Waals surface area contributed by atoms with E-state index in [2.05, 4.69) is 10.6 Å². The zero-order valence-corrected chi connectivity index (χ0v) is 28.2. The Morgan fingerprint density at radius 1 is 0.529 bits per heavy atom. The van der Waals surface area contributed by atoms with Crippen LogP contribution in [0, 0.1) is 0 Å². The fraction of sp³-hybridized carbons (Fsp3) is 0.931. The van der Waals surface area contributed by atoms with Crippen molar-refractivity contribution in [1.29, 1.82) is 0 Å². The van der Waals surface area contributed by atoms with Gasteiger partial charge in [-0.05, 0) is 6.92 Å². The van der Waals surface area contributed by atoms with Gasteiger partial charge in [-0.3, -0.25) is 9.59 Å². The predicted molar refractivity (Wildman–Crippen MR) is 160 cm³/mol. The molecule has 20 atom stereocenters. The highest BCUT2D eigenvalue weighted by molar-refractivity contribution is 5.73. The first-order chi connectivity index (χ1) is 24.1. The van der Waals surface area contributed by atoms with Gasteiger partial charge in [-0.25, -0.2) is 0 Å². The molecule has 12 N–H and O–H groups in total. The molecule has 0 radical (unpaired) electrons. The molecule has 0 aromatic rings. The quantitative estimate of drug-likeness (QED) is 0.0882. The second-order valence-corrected chi connectivity index (χ2v) is 12.8. The van der Waals surface area contributed by atoms with Crippen molar-refractivity contribution in [3.8, 4) is 0 Å². The molecule has 4 heterocycles. The number of carbonyl (C=O) groups excluding carboxylic acids is 2. The summed E-state index contributed by atoms with van der Waals surface area (Å²) in [6.07, 6.45) is -29.2. The minimum atomic E-state index is -2.01. The number of ether oxygens (including phenoxy) is 8. The van der Waals surface area contributed by atoms with E-state index >= 15 is 0 Å². The molecule has 22 nitrogen and oxygen atoms in total. The Balaban J connectivity index is 1.67. The summed E-state index contributed by atoms with van der Waals surface area (Å²) >= 11 is 0. The molecule has 4 aliphatic heterocycles. The van der Waals surface area contributed by atoms with Crippen LogP contribution in [-0.4, -0.2) is 213 Å². The molecule has 4 rings (SSSR count). The van der Waals surface area contributed by atoms with Gasteiger partial charge in [0.25, 0.3) is 0 Å².